The zero-order valence-corrected chi connectivity index (χ0v) is 9.98. The van der Waals surface area contributed by atoms with Crippen LogP contribution in [0.4, 0.5) is 4.39 Å². The van der Waals surface area contributed by atoms with E-state index < -0.39 is 0 Å². The smallest absolute Gasteiger partial charge is 0.126 e. The summed E-state index contributed by atoms with van der Waals surface area (Å²) in [7, 11) is 0. The molecular formula is C14H12ClF. The van der Waals surface area contributed by atoms with Crippen LogP contribution in [0.5, 0.6) is 0 Å². The molecule has 0 unspecified atom stereocenters. The van der Waals surface area contributed by atoms with Crippen LogP contribution in [-0.2, 0) is 0 Å². The minimum atomic E-state index is -0.197. The molecule has 16 heavy (non-hydrogen) atoms. The summed E-state index contributed by atoms with van der Waals surface area (Å²) in [5, 5.41) is 0.656. The van der Waals surface area contributed by atoms with E-state index in [4.69, 9.17) is 11.6 Å². The third-order valence-corrected chi connectivity index (χ3v) is 3.00. The van der Waals surface area contributed by atoms with Crippen LogP contribution >= 0.6 is 11.6 Å². The molecule has 0 aliphatic carbocycles. The van der Waals surface area contributed by atoms with Crippen molar-refractivity contribution < 1.29 is 4.39 Å². The minimum absolute atomic E-state index is 0.197. The number of halogens is 2. The van der Waals surface area contributed by atoms with E-state index in [-0.39, 0.29) is 5.82 Å². The van der Waals surface area contributed by atoms with E-state index in [1.807, 2.05) is 31.2 Å². The second-order valence-electron chi connectivity index (χ2n) is 3.90. The van der Waals surface area contributed by atoms with Gasteiger partial charge in [-0.25, -0.2) is 4.39 Å². The van der Waals surface area contributed by atoms with E-state index in [1.165, 1.54) is 6.07 Å². The van der Waals surface area contributed by atoms with E-state index in [9.17, 15) is 4.39 Å². The summed E-state index contributed by atoms with van der Waals surface area (Å²) in [6.45, 7) is 3.72. The topological polar surface area (TPSA) is 0 Å². The van der Waals surface area contributed by atoms with Crippen molar-refractivity contribution in [3.05, 3.63) is 58.4 Å². The van der Waals surface area contributed by atoms with Crippen molar-refractivity contribution in [2.45, 2.75) is 13.8 Å². The van der Waals surface area contributed by atoms with Gasteiger partial charge in [-0.2, -0.15) is 0 Å². The Balaban J connectivity index is 2.63. The van der Waals surface area contributed by atoms with Gasteiger partial charge in [-0.3, -0.25) is 0 Å². The molecule has 0 amide bonds. The lowest BCUT2D eigenvalue weighted by molar-refractivity contribution is 0.619. The monoisotopic (exact) mass is 234 g/mol. The maximum absolute atomic E-state index is 13.5. The van der Waals surface area contributed by atoms with E-state index in [2.05, 4.69) is 0 Å². The summed E-state index contributed by atoms with van der Waals surface area (Å²) < 4.78 is 13.5. The molecule has 0 fully saturated rings. The molecule has 2 rings (SSSR count). The number of hydrogen-bond donors (Lipinski definition) is 0. The SMILES string of the molecule is Cc1ccc(-c2c(C)cccc2Cl)cc1F. The number of hydrogen-bond acceptors (Lipinski definition) is 0. The third kappa shape index (κ3) is 1.96. The molecule has 0 bridgehead atoms. The molecule has 2 aromatic carbocycles. The van der Waals surface area contributed by atoms with E-state index in [0.29, 0.717) is 10.6 Å². The molecule has 0 aromatic heterocycles. The fourth-order valence-electron chi connectivity index (χ4n) is 1.75. The van der Waals surface area contributed by atoms with Crippen molar-refractivity contribution in [1.82, 2.24) is 0 Å². The van der Waals surface area contributed by atoms with Crippen molar-refractivity contribution in [3.8, 4) is 11.1 Å². The first kappa shape index (κ1) is 11.2. The van der Waals surface area contributed by atoms with Crippen molar-refractivity contribution >= 4 is 11.6 Å². The van der Waals surface area contributed by atoms with Gasteiger partial charge in [0.2, 0.25) is 0 Å². The highest BCUT2D eigenvalue weighted by molar-refractivity contribution is 6.33. The highest BCUT2D eigenvalue weighted by Crippen LogP contribution is 2.31. The number of benzene rings is 2. The number of aryl methyl sites for hydroxylation is 2. The predicted molar refractivity (Wildman–Crippen MR) is 66.3 cm³/mol. The van der Waals surface area contributed by atoms with Crippen LogP contribution in [0.3, 0.4) is 0 Å². The highest BCUT2D eigenvalue weighted by Gasteiger charge is 2.08. The van der Waals surface area contributed by atoms with Crippen molar-refractivity contribution in [3.63, 3.8) is 0 Å². The van der Waals surface area contributed by atoms with Gasteiger partial charge >= 0.3 is 0 Å². The molecule has 0 nitrogen and oxygen atoms in total. The summed E-state index contributed by atoms with van der Waals surface area (Å²) in [5.41, 5.74) is 3.43. The molecule has 0 N–H and O–H groups in total. The van der Waals surface area contributed by atoms with Gasteiger partial charge in [0.05, 0.1) is 0 Å². The van der Waals surface area contributed by atoms with Crippen LogP contribution in [0.2, 0.25) is 5.02 Å². The zero-order chi connectivity index (χ0) is 11.7. The van der Waals surface area contributed by atoms with Gasteiger partial charge < -0.3 is 0 Å². The summed E-state index contributed by atoms with van der Waals surface area (Å²) in [4.78, 5) is 0. The first-order chi connectivity index (χ1) is 7.59. The Morgan fingerprint density at radius 1 is 1.00 bits per heavy atom. The fraction of sp³-hybridized carbons (Fsp3) is 0.143. The van der Waals surface area contributed by atoms with E-state index in [0.717, 1.165) is 16.7 Å². The average molecular weight is 235 g/mol. The molecule has 2 heteroatoms. The van der Waals surface area contributed by atoms with Crippen molar-refractivity contribution in [2.75, 3.05) is 0 Å². The standard InChI is InChI=1S/C14H12ClF/c1-9-6-7-11(8-13(9)16)14-10(2)4-3-5-12(14)15/h3-8H,1-2H3. The fourth-order valence-corrected chi connectivity index (χ4v) is 2.08. The Kier molecular flexibility index (Phi) is 2.97. The van der Waals surface area contributed by atoms with E-state index in [1.54, 1.807) is 13.0 Å². The largest absolute Gasteiger partial charge is 0.207 e. The minimum Gasteiger partial charge on any atom is -0.207 e. The summed E-state index contributed by atoms with van der Waals surface area (Å²) >= 11 is 6.13. The van der Waals surface area contributed by atoms with Gasteiger partial charge in [0.1, 0.15) is 5.82 Å². The maximum Gasteiger partial charge on any atom is 0.126 e. The Morgan fingerprint density at radius 3 is 2.38 bits per heavy atom. The second-order valence-corrected chi connectivity index (χ2v) is 4.30. The molecule has 82 valence electrons. The van der Waals surface area contributed by atoms with Crippen LogP contribution in [0.25, 0.3) is 11.1 Å². The molecule has 2 aromatic rings. The lowest BCUT2D eigenvalue weighted by Crippen LogP contribution is -1.88. The Labute approximate surface area is 99.7 Å². The first-order valence-electron chi connectivity index (χ1n) is 5.11. The van der Waals surface area contributed by atoms with Crippen LogP contribution < -0.4 is 0 Å². The normalized spacial score (nSPS) is 10.5. The molecule has 0 saturated heterocycles. The highest BCUT2D eigenvalue weighted by atomic mass is 35.5. The van der Waals surface area contributed by atoms with E-state index >= 15 is 0 Å². The zero-order valence-electron chi connectivity index (χ0n) is 9.22. The van der Waals surface area contributed by atoms with Gasteiger partial charge in [0, 0.05) is 10.6 Å². The summed E-state index contributed by atoms with van der Waals surface area (Å²) in [5.74, 6) is -0.197. The van der Waals surface area contributed by atoms with Gasteiger partial charge in [0.25, 0.3) is 0 Å². The molecule has 0 atom stereocenters. The van der Waals surface area contributed by atoms with Gasteiger partial charge in [0.15, 0.2) is 0 Å². The Hall–Kier alpha value is -1.34. The summed E-state index contributed by atoms with van der Waals surface area (Å²) in [6, 6.07) is 10.9. The van der Waals surface area contributed by atoms with Crippen molar-refractivity contribution in [1.29, 1.82) is 0 Å². The maximum atomic E-state index is 13.5. The Morgan fingerprint density at radius 2 is 1.75 bits per heavy atom. The third-order valence-electron chi connectivity index (χ3n) is 2.68. The van der Waals surface area contributed by atoms with Gasteiger partial charge in [-0.1, -0.05) is 35.9 Å². The van der Waals surface area contributed by atoms with Gasteiger partial charge in [-0.15, -0.1) is 0 Å². The number of rotatable bonds is 1. The van der Waals surface area contributed by atoms with Crippen molar-refractivity contribution in [2.24, 2.45) is 0 Å². The first-order valence-corrected chi connectivity index (χ1v) is 5.49. The molecule has 0 spiro atoms. The molecule has 0 aliphatic rings. The molecule has 0 heterocycles. The van der Waals surface area contributed by atoms with Crippen LogP contribution in [0.15, 0.2) is 36.4 Å². The van der Waals surface area contributed by atoms with Crippen LogP contribution in [-0.4, -0.2) is 0 Å². The average Bonchev–Trinajstić information content (AvgIpc) is 2.23. The lowest BCUT2D eigenvalue weighted by Gasteiger charge is -2.09. The van der Waals surface area contributed by atoms with Gasteiger partial charge in [-0.05, 0) is 42.7 Å². The predicted octanol–water partition coefficient (Wildman–Crippen LogP) is 4.76. The molecule has 0 saturated carbocycles. The molecule has 0 aliphatic heterocycles. The van der Waals surface area contributed by atoms with Crippen LogP contribution in [0.1, 0.15) is 11.1 Å². The Bertz CT molecular complexity index is 512. The summed E-state index contributed by atoms with van der Waals surface area (Å²) in [6.07, 6.45) is 0. The molecular weight excluding hydrogens is 223 g/mol. The second kappa shape index (κ2) is 4.26. The van der Waals surface area contributed by atoms with Crippen LogP contribution in [0, 0.1) is 19.7 Å². The molecule has 0 radical (unpaired) electrons. The lowest BCUT2D eigenvalue weighted by atomic mass is 9.99. The quantitative estimate of drug-likeness (QED) is 0.667.